The van der Waals surface area contributed by atoms with Crippen molar-refractivity contribution < 1.29 is 36.8 Å². The van der Waals surface area contributed by atoms with E-state index in [2.05, 4.69) is 82.0 Å². The van der Waals surface area contributed by atoms with Crippen LogP contribution in [0.2, 0.25) is 0 Å². The molecule has 0 radical (unpaired) electrons. The maximum absolute atomic E-state index is 12.5. The number of unbranched alkanes of at least 4 members (excludes halogenated alkanes) is 2. The van der Waals surface area contributed by atoms with Gasteiger partial charge in [0.05, 0.1) is 11.1 Å². The SMILES string of the molecule is CN(c1ccccc1)c1ccc2c(c1)C(C)(CCCCCC(=O)ON1C(=O)CCC1=O)/C(=C\C=C\c1cc[n+](C)c3ccccc13)N2CCCS(=O)(=O)O. The molecule has 282 valence electrons. The molecule has 3 aromatic carbocycles. The average molecular weight is 752 g/mol. The first-order valence-corrected chi connectivity index (χ1v) is 20.0. The maximum atomic E-state index is 12.5. The third-order valence-corrected chi connectivity index (χ3v) is 11.2. The lowest BCUT2D eigenvalue weighted by Gasteiger charge is -2.31. The van der Waals surface area contributed by atoms with Gasteiger partial charge in [0.1, 0.15) is 7.05 Å². The third kappa shape index (κ3) is 8.55. The number of amides is 2. The van der Waals surface area contributed by atoms with Gasteiger partial charge in [-0.2, -0.15) is 8.42 Å². The molecule has 12 heteroatoms. The zero-order valence-electron chi connectivity index (χ0n) is 31.0. The first-order chi connectivity index (χ1) is 25.9. The van der Waals surface area contributed by atoms with Crippen molar-refractivity contribution in [2.75, 3.05) is 29.1 Å². The van der Waals surface area contributed by atoms with Gasteiger partial charge in [-0.3, -0.25) is 14.1 Å². The van der Waals surface area contributed by atoms with Crippen LogP contribution in [0.3, 0.4) is 0 Å². The standard InChI is InChI=1S/C42H46N4O7S/c1-42(26-11-5-8-20-41(49)53-46-39(47)23-24-40(46)48)35-30-33(44(3)32-15-6-4-7-16-32)21-22-37(35)45(27-13-29-54(50,51)52)38(42)19-12-14-31-25-28-43(2)36-18-10-9-17-34(31)36/h4,6-7,9-10,12,14-19,21-22,25,28,30H,5,8,11,13,20,23-24,26-27,29H2,1-3H3/p+1. The van der Waals surface area contributed by atoms with Crippen LogP contribution >= 0.6 is 0 Å². The number of hydrogen-bond acceptors (Lipinski definition) is 8. The van der Waals surface area contributed by atoms with Crippen LogP contribution in [-0.2, 0) is 41.8 Å². The van der Waals surface area contributed by atoms with Gasteiger partial charge in [-0.25, -0.2) is 9.36 Å². The fourth-order valence-electron chi connectivity index (χ4n) is 7.46. The molecule has 1 N–H and O–H groups in total. The van der Waals surface area contributed by atoms with Crippen LogP contribution in [0.15, 0.2) is 103 Å². The molecule has 1 fully saturated rings. The number of para-hydroxylation sites is 2. The highest BCUT2D eigenvalue weighted by molar-refractivity contribution is 7.85. The number of allylic oxidation sites excluding steroid dienone is 3. The van der Waals surface area contributed by atoms with Gasteiger partial charge in [0, 0.05) is 73.2 Å². The lowest BCUT2D eigenvalue weighted by molar-refractivity contribution is -0.644. The molecule has 1 saturated heterocycles. The highest BCUT2D eigenvalue weighted by Gasteiger charge is 2.43. The summed E-state index contributed by atoms with van der Waals surface area (Å²) in [4.78, 5) is 45.6. The molecular weight excluding hydrogens is 705 g/mol. The Balaban J connectivity index is 1.31. The van der Waals surface area contributed by atoms with Crippen molar-refractivity contribution in [3.05, 3.63) is 114 Å². The van der Waals surface area contributed by atoms with Crippen LogP contribution in [0.5, 0.6) is 0 Å². The van der Waals surface area contributed by atoms with Gasteiger partial charge in [0.2, 0.25) is 5.52 Å². The Kier molecular flexibility index (Phi) is 11.6. The van der Waals surface area contributed by atoms with E-state index in [4.69, 9.17) is 4.84 Å². The minimum Gasteiger partial charge on any atom is -0.345 e. The quantitative estimate of drug-likeness (QED) is 0.0595. The Bertz CT molecular complexity index is 2200. The van der Waals surface area contributed by atoms with Crippen molar-refractivity contribution in [1.82, 2.24) is 5.06 Å². The molecule has 1 unspecified atom stereocenters. The predicted octanol–water partition coefficient (Wildman–Crippen LogP) is 6.94. The molecule has 1 atom stereocenters. The van der Waals surface area contributed by atoms with Gasteiger partial charge in [0.15, 0.2) is 6.20 Å². The van der Waals surface area contributed by atoms with Crippen LogP contribution in [0, 0.1) is 0 Å². The number of aromatic nitrogens is 1. The molecule has 0 bridgehead atoms. The molecule has 6 rings (SSSR count). The normalized spacial score (nSPS) is 18.0. The minimum atomic E-state index is -4.15. The molecule has 11 nitrogen and oxygen atoms in total. The number of hydroxylamine groups is 2. The predicted molar refractivity (Wildman–Crippen MR) is 209 cm³/mol. The summed E-state index contributed by atoms with van der Waals surface area (Å²) in [5.74, 6) is -1.96. The number of hydrogen-bond donors (Lipinski definition) is 1. The fraction of sp³-hybridized carbons (Fsp3) is 0.333. The summed E-state index contributed by atoms with van der Waals surface area (Å²) in [5, 5.41) is 1.70. The molecule has 1 aromatic heterocycles. The highest BCUT2D eigenvalue weighted by atomic mass is 32.2. The number of rotatable bonds is 15. The molecule has 2 aliphatic heterocycles. The molecule has 3 heterocycles. The summed E-state index contributed by atoms with van der Waals surface area (Å²) < 4.78 is 35.3. The van der Waals surface area contributed by atoms with E-state index in [9.17, 15) is 27.4 Å². The van der Waals surface area contributed by atoms with E-state index in [1.54, 1.807) is 0 Å². The molecule has 0 saturated carbocycles. The Hall–Kier alpha value is -5.33. The van der Waals surface area contributed by atoms with E-state index in [1.165, 1.54) is 0 Å². The summed E-state index contributed by atoms with van der Waals surface area (Å²) in [5.41, 5.74) is 6.76. The summed E-state index contributed by atoms with van der Waals surface area (Å²) in [6.07, 6.45) is 11.4. The summed E-state index contributed by atoms with van der Waals surface area (Å²) in [6, 6.07) is 26.7. The van der Waals surface area contributed by atoms with Gasteiger partial charge in [0.25, 0.3) is 21.9 Å². The van der Waals surface area contributed by atoms with Gasteiger partial charge in [-0.05, 0) is 79.8 Å². The number of fused-ring (bicyclic) bond motifs is 2. The smallest absolute Gasteiger partial charge is 0.333 e. The summed E-state index contributed by atoms with van der Waals surface area (Å²) in [7, 11) is -0.107. The Labute approximate surface area is 316 Å². The van der Waals surface area contributed by atoms with Crippen LogP contribution < -0.4 is 14.4 Å². The zero-order valence-corrected chi connectivity index (χ0v) is 31.8. The molecule has 4 aromatic rings. The lowest BCUT2D eigenvalue weighted by atomic mass is 9.76. The van der Waals surface area contributed by atoms with E-state index in [0.29, 0.717) is 24.4 Å². The second-order valence-electron chi connectivity index (χ2n) is 14.1. The number of carbonyl (C=O) groups excluding carboxylic acids is 3. The zero-order chi connectivity index (χ0) is 38.5. The van der Waals surface area contributed by atoms with Crippen LogP contribution in [0.4, 0.5) is 17.1 Å². The summed E-state index contributed by atoms with van der Waals surface area (Å²) >= 11 is 0. The van der Waals surface area contributed by atoms with Gasteiger partial charge in [-0.15, -0.1) is 5.06 Å². The first kappa shape index (κ1) is 38.4. The molecule has 2 amide bonds. The molecule has 54 heavy (non-hydrogen) atoms. The van der Waals surface area contributed by atoms with Crippen LogP contribution in [0.1, 0.15) is 69.4 Å². The number of carbonyl (C=O) groups is 3. The van der Waals surface area contributed by atoms with Gasteiger partial charge >= 0.3 is 5.97 Å². The Morgan fingerprint density at radius 1 is 0.944 bits per heavy atom. The fourth-order valence-corrected chi connectivity index (χ4v) is 7.96. The van der Waals surface area contributed by atoms with Crippen molar-refractivity contribution in [3.8, 4) is 0 Å². The average Bonchev–Trinajstić information content (AvgIpc) is 3.59. The van der Waals surface area contributed by atoms with Crippen molar-refractivity contribution >= 4 is 61.9 Å². The highest BCUT2D eigenvalue weighted by Crippen LogP contribution is 2.52. The lowest BCUT2D eigenvalue weighted by Crippen LogP contribution is -2.32. The number of pyridine rings is 1. The molecule has 2 aliphatic rings. The number of benzene rings is 3. The van der Waals surface area contributed by atoms with Gasteiger partial charge in [-0.1, -0.05) is 55.3 Å². The van der Waals surface area contributed by atoms with Gasteiger partial charge < -0.3 is 14.6 Å². The first-order valence-electron chi connectivity index (χ1n) is 18.3. The number of nitrogens with zero attached hydrogens (tertiary/aromatic N) is 4. The monoisotopic (exact) mass is 751 g/mol. The van der Waals surface area contributed by atoms with E-state index in [1.807, 2.05) is 56.7 Å². The number of aryl methyl sites for hydroxylation is 1. The maximum Gasteiger partial charge on any atom is 0.333 e. The topological polar surface area (TPSA) is 128 Å². The molecule has 0 spiro atoms. The Morgan fingerprint density at radius 2 is 1.67 bits per heavy atom. The van der Waals surface area contributed by atoms with Crippen molar-refractivity contribution in [2.45, 2.75) is 63.7 Å². The number of anilines is 3. The number of imide groups is 1. The van der Waals surface area contributed by atoms with E-state index < -0.39 is 33.3 Å². The van der Waals surface area contributed by atoms with Crippen molar-refractivity contribution in [1.29, 1.82) is 0 Å². The molecular formula is C42H47N4O7S+. The molecule has 0 aliphatic carbocycles. The third-order valence-electron chi connectivity index (χ3n) is 10.4. The van der Waals surface area contributed by atoms with Crippen LogP contribution in [-0.4, -0.2) is 55.2 Å². The van der Waals surface area contributed by atoms with Crippen molar-refractivity contribution in [3.63, 3.8) is 0 Å². The minimum absolute atomic E-state index is 0.0492. The second-order valence-corrected chi connectivity index (χ2v) is 15.7. The van der Waals surface area contributed by atoms with E-state index in [-0.39, 0.29) is 31.4 Å². The van der Waals surface area contributed by atoms with Crippen LogP contribution in [0.25, 0.3) is 17.0 Å². The van der Waals surface area contributed by atoms with E-state index >= 15 is 0 Å². The Morgan fingerprint density at radius 3 is 2.41 bits per heavy atom. The second kappa shape index (κ2) is 16.4. The van der Waals surface area contributed by atoms with Crippen molar-refractivity contribution in [2.24, 2.45) is 7.05 Å². The largest absolute Gasteiger partial charge is 0.345 e. The van der Waals surface area contributed by atoms with E-state index in [0.717, 1.165) is 57.6 Å². The summed E-state index contributed by atoms with van der Waals surface area (Å²) in [6.45, 7) is 2.58.